The van der Waals surface area contributed by atoms with Crippen molar-refractivity contribution in [3.63, 3.8) is 0 Å². The van der Waals surface area contributed by atoms with E-state index in [-0.39, 0.29) is 5.91 Å². The first-order chi connectivity index (χ1) is 11.0. The zero-order valence-corrected chi connectivity index (χ0v) is 15.2. The van der Waals surface area contributed by atoms with Crippen LogP contribution in [0.15, 0.2) is 0 Å². The number of carbonyl (C=O) groups is 1. The summed E-state index contributed by atoms with van der Waals surface area (Å²) in [5.41, 5.74) is 1.28. The van der Waals surface area contributed by atoms with Crippen LogP contribution in [0.4, 0.5) is 0 Å². The van der Waals surface area contributed by atoms with E-state index in [0.29, 0.717) is 41.4 Å². The largest absolute Gasteiger partial charge is 0.335 e. The number of hydrogen-bond acceptors (Lipinski definition) is 4. The van der Waals surface area contributed by atoms with E-state index in [1.165, 1.54) is 0 Å². The third kappa shape index (κ3) is 3.46. The van der Waals surface area contributed by atoms with Crippen molar-refractivity contribution >= 4 is 28.3 Å². The van der Waals surface area contributed by atoms with Gasteiger partial charge in [-0.3, -0.25) is 18.6 Å². The van der Waals surface area contributed by atoms with Crippen molar-refractivity contribution in [1.82, 2.24) is 19.6 Å². The summed E-state index contributed by atoms with van der Waals surface area (Å²) in [5.74, 6) is 0.944. The molecule has 1 amide bonds. The Morgan fingerprint density at radius 1 is 1.22 bits per heavy atom. The van der Waals surface area contributed by atoms with Gasteiger partial charge in [-0.1, -0.05) is 11.6 Å². The van der Waals surface area contributed by atoms with Crippen molar-refractivity contribution in [3.05, 3.63) is 16.4 Å². The molecule has 1 aromatic heterocycles. The second-order valence-electron chi connectivity index (χ2n) is 6.39. The monoisotopic (exact) mass is 358 g/mol. The zero-order chi connectivity index (χ0) is 16.6. The minimum Gasteiger partial charge on any atom is -0.335 e. The highest BCUT2D eigenvalue weighted by Gasteiger charge is 2.29. The third-order valence-corrected chi connectivity index (χ3v) is 6.23. The van der Waals surface area contributed by atoms with Crippen molar-refractivity contribution in [2.45, 2.75) is 39.4 Å². The molecule has 0 radical (unpaired) electrons. The molecule has 3 rings (SSSR count). The summed E-state index contributed by atoms with van der Waals surface area (Å²) in [7, 11) is -0.803. The normalized spacial score (nSPS) is 20.6. The van der Waals surface area contributed by atoms with Gasteiger partial charge in [0.25, 0.3) is 5.91 Å². The maximum Gasteiger partial charge on any atom is 0.275 e. The Morgan fingerprint density at radius 2 is 1.91 bits per heavy atom. The van der Waals surface area contributed by atoms with Crippen LogP contribution in [0.3, 0.4) is 0 Å². The third-order valence-electron chi connectivity index (χ3n) is 4.56. The number of carbonyl (C=O) groups excluding carboxylic acids is 1. The Kier molecular flexibility index (Phi) is 5.08. The highest BCUT2D eigenvalue weighted by Crippen LogP contribution is 2.27. The summed E-state index contributed by atoms with van der Waals surface area (Å²) in [6.45, 7) is 7.89. The van der Waals surface area contributed by atoms with Gasteiger partial charge in [0.05, 0.1) is 10.7 Å². The van der Waals surface area contributed by atoms with Crippen LogP contribution in [0.25, 0.3) is 0 Å². The highest BCUT2D eigenvalue weighted by atomic mass is 35.5. The van der Waals surface area contributed by atoms with Crippen molar-refractivity contribution in [2.24, 2.45) is 0 Å². The molecule has 128 valence electrons. The van der Waals surface area contributed by atoms with E-state index >= 15 is 0 Å². The molecule has 3 heterocycles. The standard InChI is InChI=1S/C15H23ClN4O2S/c1-11(2)19-4-3-5-20-12(10-19)13(16)14(17-20)15(21)18-6-8-23(22)9-7-18/h11H,3-10H2,1-2H3. The van der Waals surface area contributed by atoms with Gasteiger partial charge in [0.2, 0.25) is 0 Å². The molecule has 8 heteroatoms. The lowest BCUT2D eigenvalue weighted by molar-refractivity contribution is 0.0764. The Hall–Kier alpha value is -0.920. The molecule has 23 heavy (non-hydrogen) atoms. The number of halogens is 1. The van der Waals surface area contributed by atoms with E-state index in [9.17, 15) is 9.00 Å². The SMILES string of the molecule is CC(C)N1CCCn2nc(C(=O)N3CCS(=O)CC3)c(Cl)c2C1. The number of fused-ring (bicyclic) bond motifs is 1. The van der Waals surface area contributed by atoms with Gasteiger partial charge in [0.1, 0.15) is 0 Å². The zero-order valence-electron chi connectivity index (χ0n) is 13.6. The minimum atomic E-state index is -0.803. The Labute approximate surface area is 144 Å². The molecule has 1 saturated heterocycles. The van der Waals surface area contributed by atoms with Crippen LogP contribution >= 0.6 is 11.6 Å². The van der Waals surface area contributed by atoms with E-state index in [2.05, 4.69) is 23.8 Å². The summed E-state index contributed by atoms with van der Waals surface area (Å²) in [6, 6.07) is 0.434. The predicted octanol–water partition coefficient (Wildman–Crippen LogP) is 1.36. The Morgan fingerprint density at radius 3 is 2.57 bits per heavy atom. The van der Waals surface area contributed by atoms with Crippen LogP contribution < -0.4 is 0 Å². The minimum absolute atomic E-state index is 0.136. The summed E-state index contributed by atoms with van der Waals surface area (Å²) >= 11 is 6.51. The Bertz CT molecular complexity index is 621. The van der Waals surface area contributed by atoms with Crippen molar-refractivity contribution in [3.8, 4) is 0 Å². The van der Waals surface area contributed by atoms with Gasteiger partial charge in [-0.15, -0.1) is 0 Å². The maximum atomic E-state index is 12.7. The van der Waals surface area contributed by atoms with Gasteiger partial charge < -0.3 is 4.90 Å². The quantitative estimate of drug-likeness (QED) is 0.800. The molecule has 0 saturated carbocycles. The summed E-state index contributed by atoms with van der Waals surface area (Å²) in [4.78, 5) is 16.8. The van der Waals surface area contributed by atoms with Gasteiger partial charge in [-0.25, -0.2) is 0 Å². The average Bonchev–Trinajstić information content (AvgIpc) is 2.71. The van der Waals surface area contributed by atoms with E-state index in [4.69, 9.17) is 11.6 Å². The van der Waals surface area contributed by atoms with Gasteiger partial charge >= 0.3 is 0 Å². The first kappa shape index (κ1) is 16.9. The van der Waals surface area contributed by atoms with Crippen LogP contribution in [0.2, 0.25) is 5.02 Å². The molecule has 6 nitrogen and oxygen atoms in total. The predicted molar refractivity (Wildman–Crippen MR) is 91.2 cm³/mol. The van der Waals surface area contributed by atoms with Crippen molar-refractivity contribution < 1.29 is 9.00 Å². The lowest BCUT2D eigenvalue weighted by Crippen LogP contribution is -2.42. The second kappa shape index (κ2) is 6.91. The molecule has 0 unspecified atom stereocenters. The molecule has 0 N–H and O–H groups in total. The lowest BCUT2D eigenvalue weighted by atomic mass is 10.2. The van der Waals surface area contributed by atoms with E-state index in [1.807, 2.05) is 4.68 Å². The molecular formula is C15H23ClN4O2S. The molecule has 1 fully saturated rings. The van der Waals surface area contributed by atoms with E-state index < -0.39 is 10.8 Å². The van der Waals surface area contributed by atoms with Crippen LogP contribution in [0.5, 0.6) is 0 Å². The Balaban J connectivity index is 1.83. The smallest absolute Gasteiger partial charge is 0.275 e. The average molecular weight is 359 g/mol. The molecule has 0 aromatic carbocycles. The highest BCUT2D eigenvalue weighted by molar-refractivity contribution is 7.85. The fourth-order valence-corrected chi connectivity index (χ4v) is 4.40. The molecule has 2 aliphatic rings. The molecule has 0 spiro atoms. The number of rotatable bonds is 2. The van der Waals surface area contributed by atoms with E-state index in [1.54, 1.807) is 4.90 Å². The number of nitrogens with zero attached hydrogens (tertiary/aromatic N) is 4. The maximum absolute atomic E-state index is 12.7. The first-order valence-corrected chi connectivity index (χ1v) is 9.97. The lowest BCUT2D eigenvalue weighted by Gasteiger charge is -2.26. The number of aryl methyl sites for hydroxylation is 1. The summed E-state index contributed by atoms with van der Waals surface area (Å²) < 4.78 is 13.3. The van der Waals surface area contributed by atoms with Crippen molar-refractivity contribution in [1.29, 1.82) is 0 Å². The molecule has 0 aliphatic carbocycles. The van der Waals surface area contributed by atoms with Crippen LogP contribution in [-0.2, 0) is 23.9 Å². The van der Waals surface area contributed by atoms with Gasteiger partial charge in [-0.05, 0) is 20.3 Å². The number of aromatic nitrogens is 2. The van der Waals surface area contributed by atoms with E-state index in [0.717, 1.165) is 31.7 Å². The van der Waals surface area contributed by atoms with Gasteiger partial charge in [0, 0.05) is 61.1 Å². The summed E-state index contributed by atoms with van der Waals surface area (Å²) in [6.07, 6.45) is 1.000. The molecule has 1 aromatic rings. The van der Waals surface area contributed by atoms with Gasteiger partial charge in [0.15, 0.2) is 5.69 Å². The molecule has 0 bridgehead atoms. The van der Waals surface area contributed by atoms with Crippen molar-refractivity contribution in [2.75, 3.05) is 31.1 Å². The fraction of sp³-hybridized carbons (Fsp3) is 0.733. The molecule has 2 aliphatic heterocycles. The summed E-state index contributed by atoms with van der Waals surface area (Å²) in [5, 5.41) is 4.97. The second-order valence-corrected chi connectivity index (χ2v) is 8.46. The first-order valence-electron chi connectivity index (χ1n) is 8.11. The van der Waals surface area contributed by atoms with Crippen LogP contribution in [-0.4, -0.2) is 66.9 Å². The number of hydrogen-bond donors (Lipinski definition) is 0. The number of amides is 1. The van der Waals surface area contributed by atoms with Crippen LogP contribution in [0.1, 0.15) is 36.5 Å². The molecule has 0 atom stereocenters. The van der Waals surface area contributed by atoms with Gasteiger partial charge in [-0.2, -0.15) is 5.10 Å². The topological polar surface area (TPSA) is 58.4 Å². The molecular weight excluding hydrogens is 336 g/mol. The fourth-order valence-electron chi connectivity index (χ4n) is 3.07. The van der Waals surface area contributed by atoms with Crippen LogP contribution in [0, 0.1) is 0 Å².